The molecule has 3 aromatic heterocycles. The van der Waals surface area contributed by atoms with Gasteiger partial charge in [-0.1, -0.05) is 72.8 Å². The molecule has 0 aliphatic carbocycles. The summed E-state index contributed by atoms with van der Waals surface area (Å²) in [4.78, 5) is 14.4. The van der Waals surface area contributed by atoms with Gasteiger partial charge in [0.05, 0.1) is 22.4 Å². The lowest BCUT2D eigenvalue weighted by Gasteiger charge is -2.12. The number of hydrogen-bond acceptors (Lipinski definition) is 3. The summed E-state index contributed by atoms with van der Waals surface area (Å²) < 4.78 is 0. The van der Waals surface area contributed by atoms with Gasteiger partial charge in [-0.25, -0.2) is 9.97 Å². The van der Waals surface area contributed by atoms with E-state index < -0.39 is 0 Å². The molecule has 0 aliphatic rings. The molecule has 0 aliphatic heterocycles. The van der Waals surface area contributed by atoms with Gasteiger partial charge in [0, 0.05) is 34.3 Å². The smallest absolute Gasteiger partial charge is 0.0972 e. The van der Waals surface area contributed by atoms with Gasteiger partial charge in [0.25, 0.3) is 0 Å². The summed E-state index contributed by atoms with van der Waals surface area (Å²) in [6.07, 6.45) is 3.59. The largest absolute Gasteiger partial charge is 0.265 e. The van der Waals surface area contributed by atoms with Crippen molar-refractivity contribution >= 4 is 43.4 Å². The summed E-state index contributed by atoms with van der Waals surface area (Å²) in [5.41, 5.74) is 5.90. The highest BCUT2D eigenvalue weighted by Crippen LogP contribution is 2.35. The van der Waals surface area contributed by atoms with E-state index >= 15 is 0 Å². The van der Waals surface area contributed by atoms with Gasteiger partial charge in [0.1, 0.15) is 0 Å². The molecule has 0 spiro atoms. The van der Waals surface area contributed by atoms with Crippen LogP contribution in [0.15, 0.2) is 116 Å². The van der Waals surface area contributed by atoms with Crippen molar-refractivity contribution in [2.24, 2.45) is 0 Å². The minimum Gasteiger partial charge on any atom is -0.265 e. The minimum atomic E-state index is 0.916. The Balaban J connectivity index is 1.52. The van der Waals surface area contributed by atoms with E-state index in [0.29, 0.717) is 0 Å². The SMILES string of the molecule is c1ccc2c(c1)cc(-c1ccc3ccc4ccc(-c5ccncc5)nc4c3n1)c1ccccc12. The van der Waals surface area contributed by atoms with Crippen LogP contribution >= 0.6 is 0 Å². The van der Waals surface area contributed by atoms with Crippen molar-refractivity contribution in [2.75, 3.05) is 0 Å². The molecule has 34 heavy (non-hydrogen) atoms. The van der Waals surface area contributed by atoms with Crippen LogP contribution in [0.3, 0.4) is 0 Å². The van der Waals surface area contributed by atoms with Crippen LogP contribution in [-0.4, -0.2) is 15.0 Å². The molecule has 3 heterocycles. The Morgan fingerprint density at radius 3 is 1.79 bits per heavy atom. The topological polar surface area (TPSA) is 38.7 Å². The summed E-state index contributed by atoms with van der Waals surface area (Å²) in [5, 5.41) is 7.09. The summed E-state index contributed by atoms with van der Waals surface area (Å²) >= 11 is 0. The molecule has 4 aromatic carbocycles. The van der Waals surface area contributed by atoms with Crippen LogP contribution < -0.4 is 0 Å². The zero-order valence-corrected chi connectivity index (χ0v) is 18.3. The van der Waals surface area contributed by atoms with Crippen molar-refractivity contribution < 1.29 is 0 Å². The third-order valence-electron chi connectivity index (χ3n) is 6.54. The van der Waals surface area contributed by atoms with E-state index in [2.05, 4.69) is 96.0 Å². The van der Waals surface area contributed by atoms with Crippen molar-refractivity contribution in [3.05, 3.63) is 116 Å². The average Bonchev–Trinajstić information content (AvgIpc) is 2.92. The van der Waals surface area contributed by atoms with Crippen LogP contribution in [0.25, 0.3) is 65.9 Å². The molecule has 3 nitrogen and oxygen atoms in total. The molecule has 0 N–H and O–H groups in total. The van der Waals surface area contributed by atoms with Gasteiger partial charge in [0.15, 0.2) is 0 Å². The van der Waals surface area contributed by atoms with Crippen molar-refractivity contribution in [1.29, 1.82) is 0 Å². The normalized spacial score (nSPS) is 11.5. The lowest BCUT2D eigenvalue weighted by molar-refractivity contribution is 1.31. The molecular weight excluding hydrogens is 414 g/mol. The first-order valence-electron chi connectivity index (χ1n) is 11.4. The van der Waals surface area contributed by atoms with Gasteiger partial charge in [-0.05, 0) is 51.9 Å². The molecular formula is C31H19N3. The molecule has 0 atom stereocenters. The number of nitrogens with zero attached hydrogens (tertiary/aromatic N) is 3. The molecule has 0 amide bonds. The van der Waals surface area contributed by atoms with E-state index in [1.807, 2.05) is 12.1 Å². The lowest BCUT2D eigenvalue weighted by atomic mass is 9.95. The number of aromatic nitrogens is 3. The zero-order valence-electron chi connectivity index (χ0n) is 18.3. The molecule has 0 saturated heterocycles. The monoisotopic (exact) mass is 433 g/mol. The zero-order chi connectivity index (χ0) is 22.5. The van der Waals surface area contributed by atoms with Crippen LogP contribution in [0, 0.1) is 0 Å². The van der Waals surface area contributed by atoms with Gasteiger partial charge in [-0.15, -0.1) is 0 Å². The Morgan fingerprint density at radius 1 is 0.441 bits per heavy atom. The van der Waals surface area contributed by atoms with Crippen molar-refractivity contribution in [3.63, 3.8) is 0 Å². The van der Waals surface area contributed by atoms with E-state index in [1.165, 1.54) is 21.5 Å². The summed E-state index contributed by atoms with van der Waals surface area (Å²) in [6.45, 7) is 0. The van der Waals surface area contributed by atoms with E-state index in [0.717, 1.165) is 44.3 Å². The number of hydrogen-bond donors (Lipinski definition) is 0. The molecule has 7 rings (SSSR count). The molecule has 0 bridgehead atoms. The molecule has 0 radical (unpaired) electrons. The van der Waals surface area contributed by atoms with Crippen LogP contribution in [0.1, 0.15) is 0 Å². The quantitative estimate of drug-likeness (QED) is 0.261. The van der Waals surface area contributed by atoms with Crippen molar-refractivity contribution in [2.45, 2.75) is 0 Å². The van der Waals surface area contributed by atoms with Gasteiger partial charge >= 0.3 is 0 Å². The second kappa shape index (κ2) is 7.46. The maximum atomic E-state index is 5.19. The molecule has 0 fully saturated rings. The summed E-state index contributed by atoms with van der Waals surface area (Å²) in [7, 11) is 0. The highest BCUT2D eigenvalue weighted by molar-refractivity contribution is 6.14. The Hall–Kier alpha value is -4.63. The standard InChI is InChI=1S/C31H19N3/c1-2-6-24-23(5-1)19-27(26-8-4-3-7-25(24)26)29-14-12-22-10-9-21-11-13-28(20-15-17-32-18-16-20)33-30(21)31(22)34-29/h1-19H. The Kier molecular flexibility index (Phi) is 4.15. The predicted octanol–water partition coefficient (Wildman–Crippen LogP) is 7.82. The third-order valence-corrected chi connectivity index (χ3v) is 6.54. The molecule has 158 valence electrons. The summed E-state index contributed by atoms with van der Waals surface area (Å²) in [6, 6.07) is 36.1. The van der Waals surface area contributed by atoms with Crippen LogP contribution in [0.4, 0.5) is 0 Å². The van der Waals surface area contributed by atoms with Crippen LogP contribution in [-0.2, 0) is 0 Å². The van der Waals surface area contributed by atoms with E-state index in [4.69, 9.17) is 9.97 Å². The number of fused-ring (bicyclic) bond motifs is 6. The molecule has 7 aromatic rings. The lowest BCUT2D eigenvalue weighted by Crippen LogP contribution is -1.92. The van der Waals surface area contributed by atoms with E-state index in [-0.39, 0.29) is 0 Å². The van der Waals surface area contributed by atoms with E-state index in [1.54, 1.807) is 12.4 Å². The van der Waals surface area contributed by atoms with Gasteiger partial charge < -0.3 is 0 Å². The predicted molar refractivity (Wildman–Crippen MR) is 141 cm³/mol. The van der Waals surface area contributed by atoms with Crippen molar-refractivity contribution in [3.8, 4) is 22.5 Å². The first-order chi connectivity index (χ1) is 16.8. The Morgan fingerprint density at radius 2 is 1.03 bits per heavy atom. The van der Waals surface area contributed by atoms with Crippen LogP contribution in [0.2, 0.25) is 0 Å². The van der Waals surface area contributed by atoms with Crippen LogP contribution in [0.5, 0.6) is 0 Å². The maximum absolute atomic E-state index is 5.19. The molecule has 3 heteroatoms. The molecule has 0 unspecified atom stereocenters. The second-order valence-electron chi connectivity index (χ2n) is 8.53. The van der Waals surface area contributed by atoms with Gasteiger partial charge in [-0.2, -0.15) is 0 Å². The average molecular weight is 434 g/mol. The Labute approximate surface area is 196 Å². The van der Waals surface area contributed by atoms with E-state index in [9.17, 15) is 0 Å². The van der Waals surface area contributed by atoms with Gasteiger partial charge in [-0.3, -0.25) is 4.98 Å². The first-order valence-corrected chi connectivity index (χ1v) is 11.4. The number of pyridine rings is 3. The van der Waals surface area contributed by atoms with Crippen molar-refractivity contribution in [1.82, 2.24) is 15.0 Å². The number of benzene rings is 4. The minimum absolute atomic E-state index is 0.916. The maximum Gasteiger partial charge on any atom is 0.0972 e. The first kappa shape index (κ1) is 18.9. The Bertz CT molecular complexity index is 1860. The second-order valence-corrected chi connectivity index (χ2v) is 8.53. The highest BCUT2D eigenvalue weighted by Gasteiger charge is 2.12. The fourth-order valence-corrected chi connectivity index (χ4v) is 4.87. The highest BCUT2D eigenvalue weighted by atomic mass is 14.8. The third kappa shape index (κ3) is 2.95. The molecule has 0 saturated carbocycles. The number of rotatable bonds is 2. The fourth-order valence-electron chi connectivity index (χ4n) is 4.87. The van der Waals surface area contributed by atoms with Gasteiger partial charge in [0.2, 0.25) is 0 Å². The summed E-state index contributed by atoms with van der Waals surface area (Å²) in [5.74, 6) is 0. The fraction of sp³-hybridized carbons (Fsp3) is 0.